The number of ether oxygens (including phenoxy) is 1. The van der Waals surface area contributed by atoms with Crippen molar-refractivity contribution in [2.24, 2.45) is 0 Å². The van der Waals surface area contributed by atoms with Crippen molar-refractivity contribution in [2.75, 3.05) is 19.8 Å². The second-order valence-electron chi connectivity index (χ2n) is 3.52. The van der Waals surface area contributed by atoms with Gasteiger partial charge in [0.2, 0.25) is 10.0 Å². The van der Waals surface area contributed by atoms with Crippen LogP contribution in [0.2, 0.25) is 0 Å². The van der Waals surface area contributed by atoms with Crippen molar-refractivity contribution in [3.8, 4) is 0 Å². The molecular weight excluding hydrogens is 261 g/mol. The first-order valence-corrected chi connectivity index (χ1v) is 6.96. The van der Waals surface area contributed by atoms with Gasteiger partial charge < -0.3 is 9.84 Å². The van der Waals surface area contributed by atoms with Crippen molar-refractivity contribution in [1.82, 2.24) is 4.72 Å². The van der Waals surface area contributed by atoms with Gasteiger partial charge in [-0.1, -0.05) is 6.07 Å². The van der Waals surface area contributed by atoms with Gasteiger partial charge in [0, 0.05) is 13.2 Å². The largest absolute Gasteiger partial charge is 0.392 e. The van der Waals surface area contributed by atoms with Crippen LogP contribution in [0.4, 0.5) is 4.39 Å². The molecule has 0 unspecified atom stereocenters. The molecule has 7 heteroatoms. The van der Waals surface area contributed by atoms with E-state index in [1.807, 2.05) is 0 Å². The first kappa shape index (κ1) is 15.0. The Balaban J connectivity index is 2.78. The molecule has 0 saturated heterocycles. The molecule has 0 spiro atoms. The molecule has 0 saturated carbocycles. The van der Waals surface area contributed by atoms with E-state index in [-0.39, 0.29) is 19.8 Å². The number of rotatable bonds is 7. The summed E-state index contributed by atoms with van der Waals surface area (Å²) in [5, 5.41) is 8.81. The number of hydrogen-bond acceptors (Lipinski definition) is 4. The molecule has 0 radical (unpaired) electrons. The monoisotopic (exact) mass is 277 g/mol. The summed E-state index contributed by atoms with van der Waals surface area (Å²) in [6.45, 7) is 2.25. The Kier molecular flexibility index (Phi) is 5.67. The molecule has 1 aromatic rings. The molecule has 0 fully saturated rings. The minimum Gasteiger partial charge on any atom is -0.392 e. The van der Waals surface area contributed by atoms with E-state index >= 15 is 0 Å². The Hall–Kier alpha value is -1.02. The van der Waals surface area contributed by atoms with Crippen LogP contribution in [0.25, 0.3) is 0 Å². The van der Waals surface area contributed by atoms with Crippen molar-refractivity contribution < 1.29 is 22.7 Å². The van der Waals surface area contributed by atoms with E-state index < -0.39 is 20.7 Å². The molecule has 0 atom stereocenters. The van der Waals surface area contributed by atoms with Crippen LogP contribution in [-0.4, -0.2) is 33.3 Å². The molecule has 0 aliphatic carbocycles. The molecule has 0 heterocycles. The van der Waals surface area contributed by atoms with Crippen LogP contribution in [0, 0.1) is 5.82 Å². The van der Waals surface area contributed by atoms with Gasteiger partial charge in [-0.3, -0.25) is 0 Å². The zero-order valence-electron chi connectivity index (χ0n) is 10.0. The molecule has 1 rings (SSSR count). The number of aliphatic hydroxyl groups is 1. The maximum absolute atomic E-state index is 13.5. The van der Waals surface area contributed by atoms with Gasteiger partial charge in [0.25, 0.3) is 0 Å². The predicted octanol–water partition coefficient (Wildman–Crippen LogP) is 0.633. The summed E-state index contributed by atoms with van der Waals surface area (Å²) in [5.74, 6) is -0.884. The van der Waals surface area contributed by atoms with Crippen LogP contribution >= 0.6 is 0 Å². The van der Waals surface area contributed by atoms with Gasteiger partial charge in [-0.15, -0.1) is 0 Å². The van der Waals surface area contributed by atoms with Crippen LogP contribution in [0.15, 0.2) is 23.1 Å². The number of nitrogens with one attached hydrogen (secondary N) is 1. The van der Waals surface area contributed by atoms with Crippen molar-refractivity contribution in [1.29, 1.82) is 0 Å². The minimum absolute atomic E-state index is 0.0807. The lowest BCUT2D eigenvalue weighted by Crippen LogP contribution is -2.28. The highest BCUT2D eigenvalue weighted by Gasteiger charge is 2.18. The van der Waals surface area contributed by atoms with Crippen LogP contribution < -0.4 is 4.72 Å². The summed E-state index contributed by atoms with van der Waals surface area (Å²) >= 11 is 0. The Morgan fingerprint density at radius 2 is 2.17 bits per heavy atom. The molecule has 0 bridgehead atoms. The number of sulfonamides is 1. The topological polar surface area (TPSA) is 75.6 Å². The van der Waals surface area contributed by atoms with E-state index in [9.17, 15) is 12.8 Å². The van der Waals surface area contributed by atoms with Crippen molar-refractivity contribution in [2.45, 2.75) is 18.4 Å². The van der Waals surface area contributed by atoms with Crippen LogP contribution in [0.1, 0.15) is 12.5 Å². The Morgan fingerprint density at radius 3 is 2.72 bits per heavy atom. The molecule has 0 aromatic heterocycles. The SMILES string of the molecule is CCOCCNS(=O)(=O)c1ccc(CO)cc1F. The maximum Gasteiger partial charge on any atom is 0.243 e. The lowest BCUT2D eigenvalue weighted by atomic mass is 10.2. The number of aliphatic hydroxyl groups excluding tert-OH is 1. The lowest BCUT2D eigenvalue weighted by molar-refractivity contribution is 0.153. The molecule has 5 nitrogen and oxygen atoms in total. The second kappa shape index (κ2) is 6.79. The second-order valence-corrected chi connectivity index (χ2v) is 5.25. The minimum atomic E-state index is -3.88. The van der Waals surface area contributed by atoms with Crippen LogP contribution in [0.5, 0.6) is 0 Å². The molecule has 18 heavy (non-hydrogen) atoms. The van der Waals surface area contributed by atoms with Crippen molar-refractivity contribution >= 4 is 10.0 Å². The van der Waals surface area contributed by atoms with Gasteiger partial charge in [-0.2, -0.15) is 0 Å². The van der Waals surface area contributed by atoms with Gasteiger partial charge in [0.1, 0.15) is 10.7 Å². The highest BCUT2D eigenvalue weighted by Crippen LogP contribution is 2.15. The van der Waals surface area contributed by atoms with E-state index in [4.69, 9.17) is 9.84 Å². The standard InChI is InChI=1S/C11H16FNO4S/c1-2-17-6-5-13-18(15,16)11-4-3-9(8-14)7-10(11)12/h3-4,7,13-14H,2,5-6,8H2,1H3. The fraction of sp³-hybridized carbons (Fsp3) is 0.455. The zero-order chi connectivity index (χ0) is 13.6. The van der Waals surface area contributed by atoms with Crippen LogP contribution in [0.3, 0.4) is 0 Å². The third-order valence-electron chi connectivity index (χ3n) is 2.21. The zero-order valence-corrected chi connectivity index (χ0v) is 10.8. The molecule has 102 valence electrons. The third-order valence-corrected chi connectivity index (χ3v) is 3.71. The Morgan fingerprint density at radius 1 is 1.44 bits per heavy atom. The highest BCUT2D eigenvalue weighted by molar-refractivity contribution is 7.89. The first-order chi connectivity index (χ1) is 8.51. The summed E-state index contributed by atoms with van der Waals surface area (Å²) in [6.07, 6.45) is 0. The average Bonchev–Trinajstić information content (AvgIpc) is 2.34. The average molecular weight is 277 g/mol. The first-order valence-electron chi connectivity index (χ1n) is 5.48. The maximum atomic E-state index is 13.5. The van der Waals surface area contributed by atoms with Gasteiger partial charge in [0.05, 0.1) is 13.2 Å². The number of halogens is 1. The summed E-state index contributed by atoms with van der Waals surface area (Å²) < 4.78 is 44.3. The van der Waals surface area contributed by atoms with Crippen molar-refractivity contribution in [3.05, 3.63) is 29.6 Å². The summed E-state index contributed by atoms with van der Waals surface area (Å²) in [4.78, 5) is -0.434. The van der Waals surface area contributed by atoms with E-state index in [2.05, 4.69) is 4.72 Å². The molecule has 1 aromatic carbocycles. The smallest absolute Gasteiger partial charge is 0.243 e. The fourth-order valence-electron chi connectivity index (χ4n) is 1.33. The van der Waals surface area contributed by atoms with Gasteiger partial charge in [0.15, 0.2) is 0 Å². The molecular formula is C11H16FNO4S. The predicted molar refractivity (Wildman–Crippen MR) is 64.0 cm³/mol. The summed E-state index contributed by atoms with van der Waals surface area (Å²) in [6, 6.07) is 3.49. The Bertz CT molecular complexity index is 490. The number of hydrogen-bond donors (Lipinski definition) is 2. The normalized spacial score (nSPS) is 11.7. The third kappa shape index (κ3) is 4.02. The Labute approximate surface area is 106 Å². The highest BCUT2D eigenvalue weighted by atomic mass is 32.2. The van der Waals surface area contributed by atoms with Crippen molar-refractivity contribution in [3.63, 3.8) is 0 Å². The van der Waals surface area contributed by atoms with Crippen LogP contribution in [-0.2, 0) is 21.4 Å². The van der Waals surface area contributed by atoms with Gasteiger partial charge in [-0.25, -0.2) is 17.5 Å². The summed E-state index contributed by atoms with van der Waals surface area (Å²) in [5.41, 5.74) is 0.320. The quantitative estimate of drug-likeness (QED) is 0.717. The molecule has 2 N–H and O–H groups in total. The lowest BCUT2D eigenvalue weighted by Gasteiger charge is -2.08. The molecule has 0 aliphatic rings. The molecule has 0 aliphatic heterocycles. The van der Waals surface area contributed by atoms with E-state index in [0.29, 0.717) is 12.2 Å². The fourth-order valence-corrected chi connectivity index (χ4v) is 2.40. The summed E-state index contributed by atoms with van der Waals surface area (Å²) in [7, 11) is -3.88. The molecule has 0 amide bonds. The van der Waals surface area contributed by atoms with Gasteiger partial charge in [-0.05, 0) is 24.6 Å². The van der Waals surface area contributed by atoms with E-state index in [1.54, 1.807) is 6.92 Å². The van der Waals surface area contributed by atoms with E-state index in [1.165, 1.54) is 6.07 Å². The number of benzene rings is 1. The van der Waals surface area contributed by atoms with E-state index in [0.717, 1.165) is 12.1 Å². The van der Waals surface area contributed by atoms with Gasteiger partial charge >= 0.3 is 0 Å².